The maximum atomic E-state index is 8.71. The number of rotatable bonds is 1. The summed E-state index contributed by atoms with van der Waals surface area (Å²) in [5, 5.41) is 11.2. The van der Waals surface area contributed by atoms with Gasteiger partial charge >= 0.3 is 0 Å². The van der Waals surface area contributed by atoms with Crippen LogP contribution in [0, 0.1) is 11.2 Å². The van der Waals surface area contributed by atoms with E-state index in [-0.39, 0.29) is 6.61 Å². The highest BCUT2D eigenvalue weighted by Gasteiger charge is 1.88. The van der Waals surface area contributed by atoms with Crippen LogP contribution in [0.5, 0.6) is 0 Å². The molecule has 0 spiro atoms. The van der Waals surface area contributed by atoms with E-state index >= 15 is 0 Å². The molecule has 11 heavy (non-hydrogen) atoms. The third-order valence-electron chi connectivity index (χ3n) is 1.34. The molecule has 0 saturated heterocycles. The lowest BCUT2D eigenvalue weighted by molar-refractivity contribution is 0.282. The van der Waals surface area contributed by atoms with Gasteiger partial charge in [0.1, 0.15) is 0 Å². The third-order valence-corrected chi connectivity index (χ3v) is 1.45. The number of hydrogen-bond acceptors (Lipinski definition) is 2. The van der Waals surface area contributed by atoms with Crippen molar-refractivity contribution in [2.45, 2.75) is 6.61 Å². The van der Waals surface area contributed by atoms with E-state index in [0.717, 1.165) is 11.1 Å². The Kier molecular flexibility index (Phi) is 3.03. The Bertz CT molecular complexity index is 279. The maximum absolute atomic E-state index is 8.71. The fourth-order valence-corrected chi connectivity index (χ4v) is 0.887. The Balaban J connectivity index is 2.88. The lowest BCUT2D eigenvalue weighted by Gasteiger charge is -1.93. The molecule has 1 nitrogen and oxygen atoms in total. The first-order chi connectivity index (χ1) is 5.36. The van der Waals surface area contributed by atoms with Crippen LogP contribution in [0.25, 0.3) is 0 Å². The molecule has 0 saturated carbocycles. The van der Waals surface area contributed by atoms with Crippen LogP contribution in [0.1, 0.15) is 11.1 Å². The SMILES string of the molecule is OCc1ccc(C#CS)cc1. The van der Waals surface area contributed by atoms with Crippen molar-refractivity contribution < 1.29 is 5.11 Å². The Morgan fingerprint density at radius 2 is 1.91 bits per heavy atom. The van der Waals surface area contributed by atoms with Gasteiger partial charge in [0, 0.05) is 5.56 Å². The molecule has 0 fully saturated rings. The number of thiol groups is 1. The standard InChI is InChI=1S/C9H8OS/c10-7-9-3-1-8(2-4-9)5-6-11/h1-4,10-11H,7H2. The minimum atomic E-state index is 0.0780. The summed E-state index contributed by atoms with van der Waals surface area (Å²) in [4.78, 5) is 0. The lowest BCUT2D eigenvalue weighted by Crippen LogP contribution is -1.81. The summed E-state index contributed by atoms with van der Waals surface area (Å²) in [7, 11) is 0. The van der Waals surface area contributed by atoms with Crippen LogP contribution in [0.15, 0.2) is 24.3 Å². The molecule has 2 heteroatoms. The average Bonchev–Trinajstić information content (AvgIpc) is 2.07. The molecular weight excluding hydrogens is 156 g/mol. The van der Waals surface area contributed by atoms with Gasteiger partial charge in [-0.2, -0.15) is 0 Å². The molecule has 0 heterocycles. The van der Waals surface area contributed by atoms with E-state index in [1.54, 1.807) is 0 Å². The molecule has 1 N–H and O–H groups in total. The topological polar surface area (TPSA) is 20.2 Å². The molecule has 56 valence electrons. The van der Waals surface area contributed by atoms with Crippen molar-refractivity contribution in [2.24, 2.45) is 0 Å². The highest BCUT2D eigenvalue weighted by molar-refractivity contribution is 7.85. The third kappa shape index (κ3) is 2.30. The lowest BCUT2D eigenvalue weighted by atomic mass is 10.1. The Labute approximate surface area is 71.5 Å². The summed E-state index contributed by atoms with van der Waals surface area (Å²) in [5.41, 5.74) is 1.81. The zero-order valence-corrected chi connectivity index (χ0v) is 6.81. The molecule has 0 aliphatic carbocycles. The van der Waals surface area contributed by atoms with Crippen molar-refractivity contribution >= 4 is 12.6 Å². The van der Waals surface area contributed by atoms with Crippen LogP contribution in [0.4, 0.5) is 0 Å². The van der Waals surface area contributed by atoms with E-state index in [4.69, 9.17) is 5.11 Å². The van der Waals surface area contributed by atoms with Gasteiger partial charge in [0.2, 0.25) is 0 Å². The minimum absolute atomic E-state index is 0.0780. The average molecular weight is 164 g/mol. The Hall–Kier alpha value is -0.910. The van der Waals surface area contributed by atoms with Crippen molar-refractivity contribution in [1.29, 1.82) is 0 Å². The first-order valence-electron chi connectivity index (χ1n) is 3.21. The second-order valence-electron chi connectivity index (χ2n) is 2.09. The van der Waals surface area contributed by atoms with Crippen LogP contribution >= 0.6 is 12.6 Å². The highest BCUT2D eigenvalue weighted by atomic mass is 32.1. The van der Waals surface area contributed by atoms with Crippen molar-refractivity contribution in [3.05, 3.63) is 35.4 Å². The zero-order chi connectivity index (χ0) is 8.10. The van der Waals surface area contributed by atoms with Crippen LogP contribution in [-0.4, -0.2) is 5.11 Å². The molecule has 0 aliphatic rings. The molecule has 0 amide bonds. The van der Waals surface area contributed by atoms with Gasteiger partial charge in [-0.1, -0.05) is 30.7 Å². The largest absolute Gasteiger partial charge is 0.392 e. The Morgan fingerprint density at radius 1 is 1.27 bits per heavy atom. The summed E-state index contributed by atoms with van der Waals surface area (Å²) in [6.45, 7) is 0.0780. The minimum Gasteiger partial charge on any atom is -0.392 e. The van der Waals surface area contributed by atoms with Crippen LogP contribution < -0.4 is 0 Å². The van der Waals surface area contributed by atoms with Gasteiger partial charge in [-0.25, -0.2) is 0 Å². The fraction of sp³-hybridized carbons (Fsp3) is 0.111. The second kappa shape index (κ2) is 4.07. The van der Waals surface area contributed by atoms with Gasteiger partial charge in [-0.05, 0) is 22.9 Å². The van der Waals surface area contributed by atoms with Crippen LogP contribution in [-0.2, 0) is 6.61 Å². The number of aliphatic hydroxyl groups excluding tert-OH is 1. The number of hydrogen-bond donors (Lipinski definition) is 2. The van der Waals surface area contributed by atoms with Gasteiger partial charge in [0.25, 0.3) is 0 Å². The van der Waals surface area contributed by atoms with Gasteiger partial charge < -0.3 is 5.11 Å². The van der Waals surface area contributed by atoms with Gasteiger partial charge in [0.15, 0.2) is 0 Å². The molecule has 1 aromatic rings. The highest BCUT2D eigenvalue weighted by Crippen LogP contribution is 2.02. The van der Waals surface area contributed by atoms with E-state index in [1.807, 2.05) is 24.3 Å². The fourth-order valence-electron chi connectivity index (χ4n) is 0.758. The summed E-state index contributed by atoms with van der Waals surface area (Å²) in [6.07, 6.45) is 0. The molecule has 0 aromatic heterocycles. The smallest absolute Gasteiger partial charge is 0.0681 e. The van der Waals surface area contributed by atoms with Crippen molar-refractivity contribution in [3.63, 3.8) is 0 Å². The van der Waals surface area contributed by atoms with E-state index in [2.05, 4.69) is 23.8 Å². The molecule has 0 aliphatic heterocycles. The summed E-state index contributed by atoms with van der Waals surface area (Å²) < 4.78 is 0. The predicted octanol–water partition coefficient (Wildman–Crippen LogP) is 1.42. The van der Waals surface area contributed by atoms with E-state index < -0.39 is 0 Å². The van der Waals surface area contributed by atoms with Crippen LogP contribution in [0.3, 0.4) is 0 Å². The maximum Gasteiger partial charge on any atom is 0.0681 e. The zero-order valence-electron chi connectivity index (χ0n) is 5.91. The van der Waals surface area contributed by atoms with Crippen molar-refractivity contribution in [1.82, 2.24) is 0 Å². The Morgan fingerprint density at radius 3 is 2.36 bits per heavy atom. The normalized spacial score (nSPS) is 8.55. The predicted molar refractivity (Wildman–Crippen MR) is 48.2 cm³/mol. The van der Waals surface area contributed by atoms with E-state index in [9.17, 15) is 0 Å². The van der Waals surface area contributed by atoms with Crippen molar-refractivity contribution in [2.75, 3.05) is 0 Å². The number of benzene rings is 1. The molecule has 0 unspecified atom stereocenters. The van der Waals surface area contributed by atoms with Gasteiger partial charge in [-0.3, -0.25) is 0 Å². The monoisotopic (exact) mass is 164 g/mol. The number of aliphatic hydroxyl groups is 1. The van der Waals surface area contributed by atoms with Gasteiger partial charge in [-0.15, -0.1) is 0 Å². The van der Waals surface area contributed by atoms with E-state index in [0.29, 0.717) is 0 Å². The van der Waals surface area contributed by atoms with E-state index in [1.165, 1.54) is 0 Å². The summed E-state index contributed by atoms with van der Waals surface area (Å²) in [6, 6.07) is 7.39. The first-order valence-corrected chi connectivity index (χ1v) is 3.66. The molecule has 0 bridgehead atoms. The van der Waals surface area contributed by atoms with Gasteiger partial charge in [0.05, 0.1) is 6.61 Å². The molecule has 1 aromatic carbocycles. The van der Waals surface area contributed by atoms with Crippen molar-refractivity contribution in [3.8, 4) is 11.2 Å². The second-order valence-corrected chi connectivity index (χ2v) is 2.32. The quantitative estimate of drug-likeness (QED) is 0.475. The molecule has 1 rings (SSSR count). The summed E-state index contributed by atoms with van der Waals surface area (Å²) in [5.74, 6) is 2.79. The molecule has 0 radical (unpaired) electrons. The summed E-state index contributed by atoms with van der Waals surface area (Å²) >= 11 is 3.77. The molecular formula is C9H8OS. The first kappa shape index (κ1) is 8.19. The van der Waals surface area contributed by atoms with Crippen LogP contribution in [0.2, 0.25) is 0 Å². The molecule has 0 atom stereocenters.